The lowest BCUT2D eigenvalue weighted by molar-refractivity contribution is 0.0692. The van der Waals surface area contributed by atoms with Crippen molar-refractivity contribution in [2.45, 2.75) is 19.4 Å². The minimum absolute atomic E-state index is 0.130. The first-order valence-electron chi connectivity index (χ1n) is 5.33. The van der Waals surface area contributed by atoms with E-state index in [1.165, 1.54) is 12.1 Å². The van der Waals surface area contributed by atoms with E-state index in [9.17, 15) is 9.18 Å². The lowest BCUT2D eigenvalue weighted by Gasteiger charge is -2.15. The van der Waals surface area contributed by atoms with Gasteiger partial charge in [-0.15, -0.1) is 0 Å². The Morgan fingerprint density at radius 2 is 2.29 bits per heavy atom. The van der Waals surface area contributed by atoms with E-state index in [0.29, 0.717) is 12.3 Å². The van der Waals surface area contributed by atoms with Gasteiger partial charge in [0, 0.05) is 25.4 Å². The van der Waals surface area contributed by atoms with Gasteiger partial charge in [-0.05, 0) is 31.5 Å². The van der Waals surface area contributed by atoms with Crippen LogP contribution in [-0.4, -0.2) is 30.8 Å². The monoisotopic (exact) mass is 241 g/mol. The van der Waals surface area contributed by atoms with Gasteiger partial charge in [0.2, 0.25) is 0 Å². The number of halogens is 1. The van der Waals surface area contributed by atoms with E-state index in [4.69, 9.17) is 9.84 Å². The molecule has 2 N–H and O–H groups in total. The van der Waals surface area contributed by atoms with Crippen LogP contribution in [0.5, 0.6) is 0 Å². The lowest BCUT2D eigenvalue weighted by Crippen LogP contribution is -2.17. The Kier molecular flexibility index (Phi) is 4.90. The fraction of sp³-hybridized carbons (Fsp3) is 0.417. The molecule has 0 heterocycles. The third kappa shape index (κ3) is 4.03. The number of nitrogens with one attached hydrogen (secondary N) is 1. The number of methoxy groups -OCH3 is 1. The molecule has 0 saturated carbocycles. The second-order valence-corrected chi connectivity index (χ2v) is 3.83. The normalized spacial score (nSPS) is 12.2. The molecule has 0 fully saturated rings. The van der Waals surface area contributed by atoms with Gasteiger partial charge < -0.3 is 15.2 Å². The molecule has 1 unspecified atom stereocenters. The number of aromatic carboxylic acids is 1. The summed E-state index contributed by atoms with van der Waals surface area (Å²) in [7, 11) is 1.62. The van der Waals surface area contributed by atoms with Gasteiger partial charge in [0.15, 0.2) is 0 Å². The van der Waals surface area contributed by atoms with Crippen molar-refractivity contribution in [1.82, 2.24) is 0 Å². The summed E-state index contributed by atoms with van der Waals surface area (Å²) in [6, 6.07) is 4.12. The molecule has 0 aliphatic carbocycles. The second kappa shape index (κ2) is 6.20. The SMILES string of the molecule is COCCC(C)Nc1ccc(C(=O)O)c(F)c1. The van der Waals surface area contributed by atoms with Crippen LogP contribution in [0.2, 0.25) is 0 Å². The van der Waals surface area contributed by atoms with Crippen molar-refractivity contribution in [2.24, 2.45) is 0 Å². The van der Waals surface area contributed by atoms with Gasteiger partial charge in [0.05, 0.1) is 5.56 Å². The number of hydrogen-bond donors (Lipinski definition) is 2. The highest BCUT2D eigenvalue weighted by Crippen LogP contribution is 2.16. The molecule has 5 heteroatoms. The molecule has 0 aliphatic rings. The fourth-order valence-electron chi connectivity index (χ4n) is 1.43. The van der Waals surface area contributed by atoms with E-state index in [1.807, 2.05) is 6.92 Å². The number of hydrogen-bond acceptors (Lipinski definition) is 3. The van der Waals surface area contributed by atoms with Gasteiger partial charge in [-0.1, -0.05) is 0 Å². The maximum Gasteiger partial charge on any atom is 0.338 e. The molecule has 94 valence electrons. The summed E-state index contributed by atoms with van der Waals surface area (Å²) in [5.41, 5.74) is 0.246. The minimum Gasteiger partial charge on any atom is -0.478 e. The summed E-state index contributed by atoms with van der Waals surface area (Å²) in [5.74, 6) is -2.00. The highest BCUT2D eigenvalue weighted by molar-refractivity contribution is 5.88. The van der Waals surface area contributed by atoms with Crippen molar-refractivity contribution in [3.05, 3.63) is 29.6 Å². The quantitative estimate of drug-likeness (QED) is 0.802. The molecule has 0 bridgehead atoms. The Bertz CT molecular complexity index is 395. The number of ether oxygens (including phenoxy) is 1. The Morgan fingerprint density at radius 3 is 2.82 bits per heavy atom. The molecule has 1 atom stereocenters. The zero-order valence-corrected chi connectivity index (χ0v) is 9.87. The summed E-state index contributed by atoms with van der Waals surface area (Å²) in [4.78, 5) is 10.6. The van der Waals surface area contributed by atoms with Crippen molar-refractivity contribution in [2.75, 3.05) is 19.0 Å². The predicted molar refractivity (Wildman–Crippen MR) is 62.9 cm³/mol. The van der Waals surface area contributed by atoms with Crippen molar-refractivity contribution in [1.29, 1.82) is 0 Å². The summed E-state index contributed by atoms with van der Waals surface area (Å²) in [6.07, 6.45) is 0.790. The van der Waals surface area contributed by atoms with Gasteiger partial charge >= 0.3 is 5.97 Å². The number of carboxylic acid groups (broad SMARTS) is 1. The van der Waals surface area contributed by atoms with E-state index in [-0.39, 0.29) is 11.6 Å². The van der Waals surface area contributed by atoms with Gasteiger partial charge in [-0.2, -0.15) is 0 Å². The van der Waals surface area contributed by atoms with Crippen LogP contribution < -0.4 is 5.32 Å². The zero-order chi connectivity index (χ0) is 12.8. The first kappa shape index (κ1) is 13.4. The molecule has 0 spiro atoms. The third-order valence-corrected chi connectivity index (χ3v) is 2.37. The molecule has 4 nitrogen and oxygen atoms in total. The Hall–Kier alpha value is -1.62. The highest BCUT2D eigenvalue weighted by atomic mass is 19.1. The van der Waals surface area contributed by atoms with E-state index >= 15 is 0 Å². The van der Waals surface area contributed by atoms with Crippen LogP contribution in [0, 0.1) is 5.82 Å². The third-order valence-electron chi connectivity index (χ3n) is 2.37. The number of rotatable bonds is 6. The number of anilines is 1. The highest BCUT2D eigenvalue weighted by Gasteiger charge is 2.11. The summed E-state index contributed by atoms with van der Waals surface area (Å²) < 4.78 is 18.3. The average Bonchev–Trinajstić information content (AvgIpc) is 2.26. The van der Waals surface area contributed by atoms with E-state index < -0.39 is 11.8 Å². The average molecular weight is 241 g/mol. The molecule has 1 rings (SSSR count). The van der Waals surface area contributed by atoms with Crippen LogP contribution in [0.25, 0.3) is 0 Å². The molecule has 0 aliphatic heterocycles. The second-order valence-electron chi connectivity index (χ2n) is 3.83. The Balaban J connectivity index is 2.67. The van der Waals surface area contributed by atoms with Crippen molar-refractivity contribution >= 4 is 11.7 Å². The maximum absolute atomic E-state index is 13.4. The number of carbonyl (C=O) groups is 1. The van der Waals surface area contributed by atoms with Crippen molar-refractivity contribution < 1.29 is 19.0 Å². The molecule has 0 saturated heterocycles. The molecule has 1 aromatic rings. The van der Waals surface area contributed by atoms with Crippen LogP contribution in [0.3, 0.4) is 0 Å². The van der Waals surface area contributed by atoms with E-state index in [1.54, 1.807) is 13.2 Å². The molecule has 1 aromatic carbocycles. The van der Waals surface area contributed by atoms with Crippen LogP contribution in [0.15, 0.2) is 18.2 Å². The minimum atomic E-state index is -1.26. The fourth-order valence-corrected chi connectivity index (χ4v) is 1.43. The molecular formula is C12H16FNO3. The topological polar surface area (TPSA) is 58.6 Å². The smallest absolute Gasteiger partial charge is 0.338 e. The Morgan fingerprint density at radius 1 is 1.59 bits per heavy atom. The number of benzene rings is 1. The van der Waals surface area contributed by atoms with Gasteiger partial charge in [-0.3, -0.25) is 0 Å². The van der Waals surface area contributed by atoms with Crippen LogP contribution in [0.1, 0.15) is 23.7 Å². The van der Waals surface area contributed by atoms with Crippen LogP contribution in [0.4, 0.5) is 10.1 Å². The molecule has 0 aromatic heterocycles. The summed E-state index contributed by atoms with van der Waals surface area (Å²) >= 11 is 0. The summed E-state index contributed by atoms with van der Waals surface area (Å²) in [5, 5.41) is 11.7. The van der Waals surface area contributed by atoms with E-state index in [2.05, 4.69) is 5.32 Å². The molecule has 0 amide bonds. The van der Waals surface area contributed by atoms with Crippen LogP contribution >= 0.6 is 0 Å². The van der Waals surface area contributed by atoms with Crippen molar-refractivity contribution in [3.63, 3.8) is 0 Å². The van der Waals surface area contributed by atoms with Gasteiger partial charge in [0.25, 0.3) is 0 Å². The Labute approximate surface area is 99.4 Å². The largest absolute Gasteiger partial charge is 0.478 e. The van der Waals surface area contributed by atoms with Crippen LogP contribution in [-0.2, 0) is 4.74 Å². The standard InChI is InChI=1S/C12H16FNO3/c1-8(5-6-17-2)14-9-3-4-10(12(15)16)11(13)7-9/h3-4,7-8,14H,5-6H2,1-2H3,(H,15,16). The molecular weight excluding hydrogens is 225 g/mol. The molecule has 17 heavy (non-hydrogen) atoms. The zero-order valence-electron chi connectivity index (χ0n) is 9.87. The van der Waals surface area contributed by atoms with Gasteiger partial charge in [-0.25, -0.2) is 9.18 Å². The number of carboxylic acids is 1. The summed E-state index contributed by atoms with van der Waals surface area (Å²) in [6.45, 7) is 2.56. The van der Waals surface area contributed by atoms with E-state index in [0.717, 1.165) is 6.42 Å². The van der Waals surface area contributed by atoms with Gasteiger partial charge in [0.1, 0.15) is 5.82 Å². The first-order chi connectivity index (χ1) is 8.04. The molecule has 0 radical (unpaired) electrons. The maximum atomic E-state index is 13.4. The first-order valence-corrected chi connectivity index (χ1v) is 5.33. The predicted octanol–water partition coefficient (Wildman–Crippen LogP) is 2.36. The lowest BCUT2D eigenvalue weighted by atomic mass is 10.1. The van der Waals surface area contributed by atoms with Crippen molar-refractivity contribution in [3.8, 4) is 0 Å².